The zero-order valence-corrected chi connectivity index (χ0v) is 8.28. The van der Waals surface area contributed by atoms with Crippen LogP contribution < -0.4 is 0 Å². The Kier molecular flexibility index (Phi) is 5.35. The molecule has 0 amide bonds. The molecule has 13 heavy (non-hydrogen) atoms. The van der Waals surface area contributed by atoms with Gasteiger partial charge in [-0.25, -0.2) is 0 Å². The van der Waals surface area contributed by atoms with E-state index in [0.717, 1.165) is 19.6 Å². The second kappa shape index (κ2) is 6.35. The molecule has 0 spiro atoms. The summed E-state index contributed by atoms with van der Waals surface area (Å²) in [4.78, 5) is 2.31. The summed E-state index contributed by atoms with van der Waals surface area (Å²) in [5, 5.41) is 18.1. The summed E-state index contributed by atoms with van der Waals surface area (Å²) in [5.41, 5.74) is 0. The fourth-order valence-corrected chi connectivity index (χ4v) is 1.86. The van der Waals surface area contributed by atoms with Gasteiger partial charge in [0.2, 0.25) is 0 Å². The molecule has 0 saturated carbocycles. The number of rotatable bonds is 4. The molecule has 0 aromatic heterocycles. The lowest BCUT2D eigenvalue weighted by atomic mass is 10.2. The molecule has 1 unspecified atom stereocenters. The molecule has 1 fully saturated rings. The Hall–Kier alpha value is -0.120. The molecule has 1 rings (SSSR count). The van der Waals surface area contributed by atoms with E-state index in [1.165, 1.54) is 25.7 Å². The van der Waals surface area contributed by atoms with Crippen LogP contribution in [0.3, 0.4) is 0 Å². The van der Waals surface area contributed by atoms with Gasteiger partial charge in [-0.15, -0.1) is 0 Å². The highest BCUT2D eigenvalue weighted by molar-refractivity contribution is 4.67. The van der Waals surface area contributed by atoms with Crippen molar-refractivity contribution in [3.8, 4) is 0 Å². The zero-order chi connectivity index (χ0) is 9.52. The van der Waals surface area contributed by atoms with E-state index in [-0.39, 0.29) is 12.7 Å². The van der Waals surface area contributed by atoms with Crippen molar-refractivity contribution < 1.29 is 10.2 Å². The van der Waals surface area contributed by atoms with Gasteiger partial charge in [-0.2, -0.15) is 0 Å². The van der Waals surface area contributed by atoms with Crippen LogP contribution in [0.1, 0.15) is 32.1 Å². The van der Waals surface area contributed by atoms with Gasteiger partial charge in [0, 0.05) is 13.2 Å². The fraction of sp³-hybridized carbons (Fsp3) is 1.00. The van der Waals surface area contributed by atoms with Crippen LogP contribution >= 0.6 is 0 Å². The standard InChI is InChI=1S/C10H21NO2/c12-8-5-10(13)9-11-6-3-1-2-4-7-11/h10,12-13H,1-9H2. The van der Waals surface area contributed by atoms with E-state index in [1.54, 1.807) is 0 Å². The molecule has 0 aromatic carbocycles. The lowest BCUT2D eigenvalue weighted by Gasteiger charge is -2.22. The number of aliphatic hydroxyl groups excluding tert-OH is 2. The average molecular weight is 187 g/mol. The summed E-state index contributed by atoms with van der Waals surface area (Å²) in [6.45, 7) is 3.06. The van der Waals surface area contributed by atoms with Crippen LogP contribution in [0, 0.1) is 0 Å². The summed E-state index contributed by atoms with van der Waals surface area (Å²) in [6, 6.07) is 0. The van der Waals surface area contributed by atoms with Gasteiger partial charge in [0.25, 0.3) is 0 Å². The number of nitrogens with zero attached hydrogens (tertiary/aromatic N) is 1. The molecule has 78 valence electrons. The molecule has 1 heterocycles. The van der Waals surface area contributed by atoms with Crippen molar-refractivity contribution in [1.29, 1.82) is 0 Å². The van der Waals surface area contributed by atoms with E-state index in [9.17, 15) is 5.11 Å². The highest BCUT2D eigenvalue weighted by Gasteiger charge is 2.12. The first kappa shape index (κ1) is 11.0. The third-order valence-electron chi connectivity index (χ3n) is 2.63. The van der Waals surface area contributed by atoms with Crippen molar-refractivity contribution in [2.75, 3.05) is 26.2 Å². The predicted octanol–water partition coefficient (Wildman–Crippen LogP) is 0.606. The van der Waals surface area contributed by atoms with Crippen LogP contribution in [-0.4, -0.2) is 47.5 Å². The minimum Gasteiger partial charge on any atom is -0.396 e. The van der Waals surface area contributed by atoms with Crippen LogP contribution in [0.25, 0.3) is 0 Å². The Morgan fingerprint density at radius 3 is 2.23 bits per heavy atom. The number of likely N-dealkylation sites (tertiary alicyclic amines) is 1. The second-order valence-corrected chi connectivity index (χ2v) is 3.88. The Balaban J connectivity index is 2.17. The summed E-state index contributed by atoms with van der Waals surface area (Å²) in [6.07, 6.45) is 5.33. The molecule has 3 heteroatoms. The molecule has 3 nitrogen and oxygen atoms in total. The lowest BCUT2D eigenvalue weighted by molar-refractivity contribution is 0.0889. The lowest BCUT2D eigenvalue weighted by Crippen LogP contribution is -2.33. The third-order valence-corrected chi connectivity index (χ3v) is 2.63. The highest BCUT2D eigenvalue weighted by Crippen LogP contribution is 2.10. The van der Waals surface area contributed by atoms with Crippen molar-refractivity contribution in [3.05, 3.63) is 0 Å². The zero-order valence-electron chi connectivity index (χ0n) is 8.28. The van der Waals surface area contributed by atoms with Gasteiger partial charge in [-0.1, -0.05) is 12.8 Å². The topological polar surface area (TPSA) is 43.7 Å². The van der Waals surface area contributed by atoms with E-state index >= 15 is 0 Å². The highest BCUT2D eigenvalue weighted by atomic mass is 16.3. The van der Waals surface area contributed by atoms with E-state index < -0.39 is 0 Å². The van der Waals surface area contributed by atoms with Crippen LogP contribution in [0.15, 0.2) is 0 Å². The van der Waals surface area contributed by atoms with E-state index in [2.05, 4.69) is 4.90 Å². The monoisotopic (exact) mass is 187 g/mol. The van der Waals surface area contributed by atoms with Gasteiger partial charge in [0.1, 0.15) is 0 Å². The molecular formula is C10H21NO2. The molecule has 1 aliphatic heterocycles. The Labute approximate surface area is 80.4 Å². The van der Waals surface area contributed by atoms with Crippen molar-refractivity contribution in [2.45, 2.75) is 38.2 Å². The second-order valence-electron chi connectivity index (χ2n) is 3.88. The fourth-order valence-electron chi connectivity index (χ4n) is 1.86. The molecule has 0 radical (unpaired) electrons. The van der Waals surface area contributed by atoms with E-state index in [1.807, 2.05) is 0 Å². The van der Waals surface area contributed by atoms with Gasteiger partial charge in [-0.05, 0) is 32.4 Å². The number of hydrogen-bond acceptors (Lipinski definition) is 3. The Bertz CT molecular complexity index is 122. The van der Waals surface area contributed by atoms with Crippen LogP contribution in [0.5, 0.6) is 0 Å². The molecule has 2 N–H and O–H groups in total. The van der Waals surface area contributed by atoms with E-state index in [0.29, 0.717) is 6.42 Å². The molecule has 1 aliphatic rings. The number of hydrogen-bond donors (Lipinski definition) is 2. The Morgan fingerprint density at radius 2 is 1.69 bits per heavy atom. The predicted molar refractivity (Wildman–Crippen MR) is 52.6 cm³/mol. The summed E-state index contributed by atoms with van der Waals surface area (Å²) in [5.74, 6) is 0. The minimum atomic E-state index is -0.344. The molecule has 0 aromatic rings. The van der Waals surface area contributed by atoms with Crippen molar-refractivity contribution >= 4 is 0 Å². The normalized spacial score (nSPS) is 22.6. The van der Waals surface area contributed by atoms with Gasteiger partial charge < -0.3 is 15.1 Å². The largest absolute Gasteiger partial charge is 0.396 e. The third kappa shape index (κ3) is 4.60. The first-order valence-corrected chi connectivity index (χ1v) is 5.34. The van der Waals surface area contributed by atoms with Gasteiger partial charge in [-0.3, -0.25) is 0 Å². The smallest absolute Gasteiger partial charge is 0.0688 e. The first-order valence-electron chi connectivity index (χ1n) is 5.34. The van der Waals surface area contributed by atoms with Crippen LogP contribution in [0.2, 0.25) is 0 Å². The first-order chi connectivity index (χ1) is 6.33. The Morgan fingerprint density at radius 1 is 1.08 bits per heavy atom. The van der Waals surface area contributed by atoms with E-state index in [4.69, 9.17) is 5.11 Å². The van der Waals surface area contributed by atoms with Crippen molar-refractivity contribution in [1.82, 2.24) is 4.90 Å². The molecule has 1 atom stereocenters. The number of aliphatic hydroxyl groups is 2. The van der Waals surface area contributed by atoms with Gasteiger partial charge in [0.05, 0.1) is 6.10 Å². The van der Waals surface area contributed by atoms with Crippen molar-refractivity contribution in [2.24, 2.45) is 0 Å². The summed E-state index contributed by atoms with van der Waals surface area (Å²) >= 11 is 0. The van der Waals surface area contributed by atoms with Crippen molar-refractivity contribution in [3.63, 3.8) is 0 Å². The quantitative estimate of drug-likeness (QED) is 0.677. The maximum Gasteiger partial charge on any atom is 0.0688 e. The van der Waals surface area contributed by atoms with Crippen LogP contribution in [0.4, 0.5) is 0 Å². The molecule has 1 saturated heterocycles. The SMILES string of the molecule is OCCC(O)CN1CCCCCC1. The maximum absolute atomic E-state index is 9.49. The number of β-amino-alcohol motifs (C(OH)–C–C–N with tert-alkyl or cyclic N) is 1. The average Bonchev–Trinajstić information content (AvgIpc) is 2.33. The molecular weight excluding hydrogens is 166 g/mol. The molecule has 0 aliphatic carbocycles. The van der Waals surface area contributed by atoms with Gasteiger partial charge >= 0.3 is 0 Å². The minimum absolute atomic E-state index is 0.0923. The maximum atomic E-state index is 9.49. The summed E-state index contributed by atoms with van der Waals surface area (Å²) < 4.78 is 0. The van der Waals surface area contributed by atoms with Crippen LogP contribution in [-0.2, 0) is 0 Å². The summed E-state index contributed by atoms with van der Waals surface area (Å²) in [7, 11) is 0. The van der Waals surface area contributed by atoms with Gasteiger partial charge in [0.15, 0.2) is 0 Å². The molecule has 0 bridgehead atoms.